The van der Waals surface area contributed by atoms with Crippen molar-refractivity contribution in [3.63, 3.8) is 0 Å². The average molecular weight is 362 g/mol. The van der Waals surface area contributed by atoms with Crippen LogP contribution in [0.2, 0.25) is 0 Å². The van der Waals surface area contributed by atoms with Gasteiger partial charge in [0, 0.05) is 18.3 Å². The minimum absolute atomic E-state index is 0.0491. The number of oxime groups is 1. The second kappa shape index (κ2) is 7.40. The molecule has 0 saturated carbocycles. The molecule has 3 nitrogen and oxygen atoms in total. The van der Waals surface area contributed by atoms with Crippen LogP contribution in [0.5, 0.6) is 0 Å². The van der Waals surface area contributed by atoms with Crippen LogP contribution in [0.15, 0.2) is 41.6 Å². The molecule has 1 N–H and O–H groups in total. The molecule has 2 aromatic carbocycles. The molecule has 0 unspecified atom stereocenters. The van der Waals surface area contributed by atoms with Gasteiger partial charge >= 0.3 is 6.18 Å². The van der Waals surface area contributed by atoms with E-state index in [0.29, 0.717) is 11.4 Å². The molecule has 138 valence electrons. The Morgan fingerprint density at radius 2 is 1.92 bits per heavy atom. The molecule has 0 heterocycles. The molecular weight excluding hydrogens is 341 g/mol. The number of halogens is 3. The third-order valence-electron chi connectivity index (χ3n) is 4.68. The minimum atomic E-state index is -4.44. The van der Waals surface area contributed by atoms with Crippen LogP contribution in [0.4, 0.5) is 18.9 Å². The lowest BCUT2D eigenvalue weighted by Crippen LogP contribution is -2.12. The SMILES string of the molecule is CNc1cccc(C(F)(F)F)c1CON=C(C)c1ccc2c(c1)CCC2. The summed E-state index contributed by atoms with van der Waals surface area (Å²) in [4.78, 5) is 5.28. The number of fused-ring (bicyclic) bond motifs is 1. The number of hydrogen-bond donors (Lipinski definition) is 1. The van der Waals surface area contributed by atoms with Gasteiger partial charge in [0.15, 0.2) is 0 Å². The molecule has 0 amide bonds. The first-order valence-electron chi connectivity index (χ1n) is 8.55. The molecule has 26 heavy (non-hydrogen) atoms. The maximum absolute atomic E-state index is 13.2. The van der Waals surface area contributed by atoms with Gasteiger partial charge in [-0.1, -0.05) is 23.4 Å². The van der Waals surface area contributed by atoms with Crippen LogP contribution in [0, 0.1) is 0 Å². The van der Waals surface area contributed by atoms with Crippen LogP contribution in [-0.4, -0.2) is 12.8 Å². The van der Waals surface area contributed by atoms with Crippen molar-refractivity contribution in [1.29, 1.82) is 0 Å². The Bertz CT molecular complexity index is 828. The topological polar surface area (TPSA) is 33.6 Å². The zero-order valence-corrected chi connectivity index (χ0v) is 14.8. The van der Waals surface area contributed by atoms with Crippen LogP contribution in [0.3, 0.4) is 0 Å². The third kappa shape index (κ3) is 3.84. The Hall–Kier alpha value is -2.50. The zero-order valence-electron chi connectivity index (χ0n) is 14.8. The second-order valence-corrected chi connectivity index (χ2v) is 6.37. The molecule has 0 saturated heterocycles. The normalized spacial score (nSPS) is 14.3. The first kappa shape index (κ1) is 18.3. The van der Waals surface area contributed by atoms with Gasteiger partial charge in [0.2, 0.25) is 0 Å². The lowest BCUT2D eigenvalue weighted by molar-refractivity contribution is -0.138. The molecule has 0 spiro atoms. The summed E-state index contributed by atoms with van der Waals surface area (Å²) >= 11 is 0. The highest BCUT2D eigenvalue weighted by atomic mass is 19.4. The predicted molar refractivity (Wildman–Crippen MR) is 96.5 cm³/mol. The smallest absolute Gasteiger partial charge is 0.391 e. The van der Waals surface area contributed by atoms with Crippen LogP contribution in [-0.2, 0) is 30.5 Å². The summed E-state index contributed by atoms with van der Waals surface area (Å²) in [5.74, 6) is 0. The fourth-order valence-corrected chi connectivity index (χ4v) is 3.29. The maximum atomic E-state index is 13.2. The van der Waals surface area contributed by atoms with E-state index in [9.17, 15) is 13.2 Å². The molecule has 0 aromatic heterocycles. The van der Waals surface area contributed by atoms with Crippen molar-refractivity contribution < 1.29 is 18.0 Å². The predicted octanol–water partition coefficient (Wildman–Crippen LogP) is 5.18. The Morgan fingerprint density at radius 1 is 1.15 bits per heavy atom. The summed E-state index contributed by atoms with van der Waals surface area (Å²) in [7, 11) is 1.58. The van der Waals surface area contributed by atoms with E-state index >= 15 is 0 Å². The summed E-state index contributed by atoms with van der Waals surface area (Å²) < 4.78 is 39.7. The van der Waals surface area contributed by atoms with E-state index in [1.165, 1.54) is 17.2 Å². The molecule has 0 aliphatic heterocycles. The van der Waals surface area contributed by atoms with E-state index < -0.39 is 11.7 Å². The van der Waals surface area contributed by atoms with Gasteiger partial charge < -0.3 is 10.2 Å². The van der Waals surface area contributed by atoms with Gasteiger partial charge in [-0.2, -0.15) is 13.2 Å². The number of benzene rings is 2. The number of nitrogens with zero attached hydrogens (tertiary/aromatic N) is 1. The average Bonchev–Trinajstić information content (AvgIpc) is 3.08. The Balaban J connectivity index is 1.78. The van der Waals surface area contributed by atoms with Gasteiger partial charge in [-0.3, -0.25) is 0 Å². The highest BCUT2D eigenvalue weighted by Gasteiger charge is 2.34. The zero-order chi connectivity index (χ0) is 18.7. The molecule has 0 radical (unpaired) electrons. The maximum Gasteiger partial charge on any atom is 0.416 e. The molecule has 3 rings (SSSR count). The lowest BCUT2D eigenvalue weighted by atomic mass is 10.0. The van der Waals surface area contributed by atoms with Gasteiger partial charge in [-0.15, -0.1) is 0 Å². The lowest BCUT2D eigenvalue weighted by Gasteiger charge is -2.16. The number of alkyl halides is 3. The fraction of sp³-hybridized carbons (Fsp3) is 0.350. The molecule has 2 aromatic rings. The number of nitrogens with one attached hydrogen (secondary N) is 1. The van der Waals surface area contributed by atoms with Gasteiger partial charge in [0.05, 0.1) is 11.3 Å². The van der Waals surface area contributed by atoms with Gasteiger partial charge in [-0.25, -0.2) is 0 Å². The molecule has 6 heteroatoms. The van der Waals surface area contributed by atoms with Gasteiger partial charge in [-0.05, 0) is 61.1 Å². The summed E-state index contributed by atoms with van der Waals surface area (Å²) in [6.45, 7) is 1.54. The van der Waals surface area contributed by atoms with Crippen molar-refractivity contribution >= 4 is 11.4 Å². The number of aryl methyl sites for hydroxylation is 2. The number of hydrogen-bond acceptors (Lipinski definition) is 3. The summed E-state index contributed by atoms with van der Waals surface area (Å²) in [6.07, 6.45) is -1.12. The molecule has 0 atom stereocenters. The molecular formula is C20H21F3N2O. The van der Waals surface area contributed by atoms with Crippen molar-refractivity contribution in [2.45, 2.75) is 39.0 Å². The third-order valence-corrected chi connectivity index (χ3v) is 4.68. The summed E-state index contributed by atoms with van der Waals surface area (Å²) in [6, 6.07) is 10.2. The standard InChI is InChI=1S/C20H21F3N2O/c1-13(15-10-9-14-5-3-6-16(14)11-15)25-26-12-17-18(20(21,22)23)7-4-8-19(17)24-2/h4,7-11,24H,3,5-6,12H2,1-2H3. The highest BCUT2D eigenvalue weighted by Crippen LogP contribution is 2.35. The quantitative estimate of drug-likeness (QED) is 0.588. The number of rotatable bonds is 5. The van der Waals surface area contributed by atoms with E-state index in [4.69, 9.17) is 4.84 Å². The van der Waals surface area contributed by atoms with E-state index in [1.54, 1.807) is 20.0 Å². The van der Waals surface area contributed by atoms with Crippen LogP contribution >= 0.6 is 0 Å². The van der Waals surface area contributed by atoms with Gasteiger partial charge in [0.1, 0.15) is 6.61 Å². The van der Waals surface area contributed by atoms with Gasteiger partial charge in [0.25, 0.3) is 0 Å². The Labute approximate surface area is 150 Å². The Morgan fingerprint density at radius 3 is 2.65 bits per heavy atom. The minimum Gasteiger partial charge on any atom is -0.391 e. The van der Waals surface area contributed by atoms with Crippen molar-refractivity contribution in [2.24, 2.45) is 5.16 Å². The molecule has 1 aliphatic carbocycles. The van der Waals surface area contributed by atoms with E-state index in [2.05, 4.69) is 22.6 Å². The highest BCUT2D eigenvalue weighted by molar-refractivity contribution is 5.98. The fourth-order valence-electron chi connectivity index (χ4n) is 3.29. The first-order valence-corrected chi connectivity index (χ1v) is 8.55. The van der Waals surface area contributed by atoms with Crippen molar-refractivity contribution in [1.82, 2.24) is 0 Å². The number of anilines is 1. The molecule has 1 aliphatic rings. The van der Waals surface area contributed by atoms with E-state index in [0.717, 1.165) is 30.9 Å². The van der Waals surface area contributed by atoms with Crippen molar-refractivity contribution in [2.75, 3.05) is 12.4 Å². The van der Waals surface area contributed by atoms with Crippen LogP contribution in [0.1, 0.15) is 41.2 Å². The molecule has 0 fully saturated rings. The first-order chi connectivity index (χ1) is 12.4. The summed E-state index contributed by atoms with van der Waals surface area (Å²) in [5, 5.41) is 6.81. The second-order valence-electron chi connectivity index (χ2n) is 6.37. The van der Waals surface area contributed by atoms with E-state index in [-0.39, 0.29) is 12.2 Å². The summed E-state index contributed by atoms with van der Waals surface area (Å²) in [5.41, 5.74) is 3.98. The molecule has 0 bridgehead atoms. The Kier molecular flexibility index (Phi) is 5.20. The van der Waals surface area contributed by atoms with Crippen LogP contribution < -0.4 is 5.32 Å². The van der Waals surface area contributed by atoms with Crippen molar-refractivity contribution in [3.8, 4) is 0 Å². The monoisotopic (exact) mass is 362 g/mol. The van der Waals surface area contributed by atoms with Crippen molar-refractivity contribution in [3.05, 3.63) is 64.2 Å². The van der Waals surface area contributed by atoms with E-state index in [1.807, 2.05) is 6.07 Å². The largest absolute Gasteiger partial charge is 0.416 e. The van der Waals surface area contributed by atoms with Crippen LogP contribution in [0.25, 0.3) is 0 Å².